The van der Waals surface area contributed by atoms with Gasteiger partial charge >= 0.3 is 0 Å². The van der Waals surface area contributed by atoms with Crippen LogP contribution >= 0.6 is 0 Å². The van der Waals surface area contributed by atoms with Crippen molar-refractivity contribution in [2.24, 2.45) is 0 Å². The van der Waals surface area contributed by atoms with Crippen molar-refractivity contribution in [3.63, 3.8) is 0 Å². The summed E-state index contributed by atoms with van der Waals surface area (Å²) in [5.74, 6) is 0. The van der Waals surface area contributed by atoms with Crippen molar-refractivity contribution in [2.45, 2.75) is 45.6 Å². The van der Waals surface area contributed by atoms with Gasteiger partial charge < -0.3 is 4.74 Å². The monoisotopic (exact) mass is 154 g/mol. The second kappa shape index (κ2) is 3.40. The second-order valence-corrected chi connectivity index (χ2v) is 3.87. The molecule has 1 rings (SSSR count). The first kappa shape index (κ1) is 8.79. The molecule has 0 aliphatic carbocycles. The minimum atomic E-state index is 0.214. The number of rotatable bonds is 3. The fraction of sp³-hybridized carbons (Fsp3) is 0.800. The lowest BCUT2D eigenvalue weighted by Crippen LogP contribution is -2.40. The molecule has 1 nitrogen and oxygen atoms in total. The van der Waals surface area contributed by atoms with Crippen molar-refractivity contribution in [3.8, 4) is 0 Å². The lowest BCUT2D eigenvalue weighted by Gasteiger charge is -2.38. The van der Waals surface area contributed by atoms with Gasteiger partial charge in [0.15, 0.2) is 0 Å². The number of hydrogen-bond acceptors (Lipinski definition) is 1. The van der Waals surface area contributed by atoms with E-state index in [1.165, 1.54) is 24.8 Å². The van der Waals surface area contributed by atoms with Crippen LogP contribution < -0.4 is 0 Å². The van der Waals surface area contributed by atoms with Crippen LogP contribution in [0.25, 0.3) is 0 Å². The van der Waals surface area contributed by atoms with E-state index >= 15 is 0 Å². The molecule has 0 aromatic carbocycles. The maximum atomic E-state index is 5.47. The Morgan fingerprint density at radius 2 is 2.18 bits per heavy atom. The predicted octanol–water partition coefficient (Wildman–Crippen LogP) is 2.91. The molecule has 11 heavy (non-hydrogen) atoms. The van der Waals surface area contributed by atoms with E-state index in [4.69, 9.17) is 4.74 Å². The second-order valence-electron chi connectivity index (χ2n) is 3.87. The molecule has 0 aromatic heterocycles. The molecule has 0 aromatic rings. The maximum Gasteiger partial charge on any atom is 0.0679 e. The zero-order valence-corrected chi connectivity index (χ0v) is 7.81. The average Bonchev–Trinajstić information content (AvgIpc) is 1.83. The van der Waals surface area contributed by atoms with E-state index in [0.29, 0.717) is 0 Å². The minimum Gasteiger partial charge on any atom is -0.375 e. The molecule has 1 unspecified atom stereocenters. The smallest absolute Gasteiger partial charge is 0.0679 e. The van der Waals surface area contributed by atoms with Gasteiger partial charge in [0.25, 0.3) is 0 Å². The fourth-order valence-corrected chi connectivity index (χ4v) is 1.31. The Labute approximate surface area is 69.4 Å². The molecular formula is C10H18O. The highest BCUT2D eigenvalue weighted by atomic mass is 16.5. The summed E-state index contributed by atoms with van der Waals surface area (Å²) in [6, 6.07) is 0. The highest BCUT2D eigenvalue weighted by Gasteiger charge is 2.31. The Kier molecular flexibility index (Phi) is 2.72. The molecule has 0 bridgehead atoms. The number of allylic oxidation sites excluding steroid dienone is 2. The van der Waals surface area contributed by atoms with Gasteiger partial charge in [0.05, 0.1) is 12.2 Å². The van der Waals surface area contributed by atoms with Gasteiger partial charge in [0, 0.05) is 0 Å². The molecule has 1 fully saturated rings. The summed E-state index contributed by atoms with van der Waals surface area (Å²) >= 11 is 0. The zero-order chi connectivity index (χ0) is 8.32. The van der Waals surface area contributed by atoms with Crippen LogP contribution in [0.5, 0.6) is 0 Å². The maximum absolute atomic E-state index is 5.47. The van der Waals surface area contributed by atoms with E-state index in [2.05, 4.69) is 26.8 Å². The molecular weight excluding hydrogens is 136 g/mol. The molecule has 64 valence electrons. The molecule has 0 saturated carbocycles. The van der Waals surface area contributed by atoms with Crippen molar-refractivity contribution in [2.75, 3.05) is 6.61 Å². The summed E-state index contributed by atoms with van der Waals surface area (Å²) in [5, 5.41) is 0. The van der Waals surface area contributed by atoms with Gasteiger partial charge in [0.1, 0.15) is 0 Å². The normalized spacial score (nSPS) is 29.4. The van der Waals surface area contributed by atoms with Crippen LogP contribution in [-0.2, 0) is 4.74 Å². The predicted molar refractivity (Wildman–Crippen MR) is 47.6 cm³/mol. The van der Waals surface area contributed by atoms with Crippen molar-refractivity contribution in [1.29, 1.82) is 0 Å². The van der Waals surface area contributed by atoms with E-state index < -0.39 is 0 Å². The first-order chi connectivity index (χ1) is 5.12. The quantitative estimate of drug-likeness (QED) is 0.568. The van der Waals surface area contributed by atoms with Crippen molar-refractivity contribution in [1.82, 2.24) is 0 Å². The van der Waals surface area contributed by atoms with E-state index in [9.17, 15) is 0 Å². The van der Waals surface area contributed by atoms with Crippen molar-refractivity contribution >= 4 is 0 Å². The van der Waals surface area contributed by atoms with E-state index in [-0.39, 0.29) is 5.60 Å². The molecule has 1 heterocycles. The van der Waals surface area contributed by atoms with Crippen molar-refractivity contribution < 1.29 is 4.74 Å². The molecule has 1 atom stereocenters. The molecule has 1 saturated heterocycles. The standard InChI is InChI=1S/C10H18O/c1-9(2)5-4-6-10(3)7-8-11-10/h5H,4,6-8H2,1-3H3. The largest absolute Gasteiger partial charge is 0.375 e. The van der Waals surface area contributed by atoms with Crippen LogP contribution in [0.3, 0.4) is 0 Å². The van der Waals surface area contributed by atoms with Gasteiger partial charge in [-0.3, -0.25) is 0 Å². The third-order valence-corrected chi connectivity index (χ3v) is 2.31. The minimum absolute atomic E-state index is 0.214. The van der Waals surface area contributed by atoms with Gasteiger partial charge in [-0.15, -0.1) is 0 Å². The molecule has 1 aliphatic heterocycles. The summed E-state index contributed by atoms with van der Waals surface area (Å²) < 4.78 is 5.47. The Balaban J connectivity index is 2.16. The van der Waals surface area contributed by atoms with Crippen LogP contribution in [0.1, 0.15) is 40.0 Å². The lowest BCUT2D eigenvalue weighted by molar-refractivity contribution is -0.137. The van der Waals surface area contributed by atoms with E-state index in [1.807, 2.05) is 0 Å². The fourth-order valence-electron chi connectivity index (χ4n) is 1.31. The first-order valence-electron chi connectivity index (χ1n) is 4.40. The van der Waals surface area contributed by atoms with Crippen LogP contribution in [-0.4, -0.2) is 12.2 Å². The van der Waals surface area contributed by atoms with Gasteiger partial charge in [0.2, 0.25) is 0 Å². The van der Waals surface area contributed by atoms with Gasteiger partial charge in [-0.1, -0.05) is 11.6 Å². The Bertz CT molecular complexity index is 150. The molecule has 0 amide bonds. The molecule has 1 heteroatoms. The summed E-state index contributed by atoms with van der Waals surface area (Å²) in [4.78, 5) is 0. The first-order valence-corrected chi connectivity index (χ1v) is 4.40. The average molecular weight is 154 g/mol. The Morgan fingerprint density at radius 3 is 2.55 bits per heavy atom. The summed E-state index contributed by atoms with van der Waals surface area (Å²) in [5.41, 5.74) is 1.62. The summed E-state index contributed by atoms with van der Waals surface area (Å²) in [6.45, 7) is 7.45. The number of ether oxygens (including phenoxy) is 1. The zero-order valence-electron chi connectivity index (χ0n) is 7.81. The van der Waals surface area contributed by atoms with Crippen LogP contribution in [0.4, 0.5) is 0 Å². The highest BCUT2D eigenvalue weighted by Crippen LogP contribution is 2.30. The molecule has 0 N–H and O–H groups in total. The third kappa shape index (κ3) is 2.66. The van der Waals surface area contributed by atoms with Crippen LogP contribution in [0.15, 0.2) is 11.6 Å². The molecule has 1 aliphatic rings. The van der Waals surface area contributed by atoms with Gasteiger partial charge in [-0.25, -0.2) is 0 Å². The molecule has 0 radical (unpaired) electrons. The Hall–Kier alpha value is -0.300. The van der Waals surface area contributed by atoms with Crippen molar-refractivity contribution in [3.05, 3.63) is 11.6 Å². The SMILES string of the molecule is CC(C)=CCCC1(C)CCO1. The summed E-state index contributed by atoms with van der Waals surface area (Å²) in [6.07, 6.45) is 5.87. The van der Waals surface area contributed by atoms with Crippen LogP contribution in [0.2, 0.25) is 0 Å². The number of hydrogen-bond donors (Lipinski definition) is 0. The lowest BCUT2D eigenvalue weighted by atomic mass is 9.91. The summed E-state index contributed by atoms with van der Waals surface area (Å²) in [7, 11) is 0. The van der Waals surface area contributed by atoms with E-state index in [0.717, 1.165) is 6.61 Å². The highest BCUT2D eigenvalue weighted by molar-refractivity contribution is 4.95. The van der Waals surface area contributed by atoms with Crippen LogP contribution in [0, 0.1) is 0 Å². The van der Waals surface area contributed by atoms with E-state index in [1.54, 1.807) is 0 Å². The third-order valence-electron chi connectivity index (χ3n) is 2.31. The van der Waals surface area contributed by atoms with Gasteiger partial charge in [-0.05, 0) is 40.0 Å². The topological polar surface area (TPSA) is 9.23 Å². The Morgan fingerprint density at radius 1 is 1.55 bits per heavy atom. The van der Waals surface area contributed by atoms with Gasteiger partial charge in [-0.2, -0.15) is 0 Å². The molecule has 0 spiro atoms.